The van der Waals surface area contributed by atoms with Crippen LogP contribution in [-0.4, -0.2) is 11.7 Å². The third-order valence-electron chi connectivity index (χ3n) is 3.62. The fourth-order valence-corrected chi connectivity index (χ4v) is 2.28. The Morgan fingerprint density at radius 2 is 2.06 bits per heavy atom. The molecule has 88 valence electrons. The summed E-state index contributed by atoms with van der Waals surface area (Å²) in [6, 6.07) is 2.63. The van der Waals surface area contributed by atoms with Gasteiger partial charge < -0.3 is 10.8 Å². The first-order chi connectivity index (χ1) is 7.59. The molecule has 0 heterocycles. The van der Waals surface area contributed by atoms with Gasteiger partial charge in [0, 0.05) is 17.0 Å². The van der Waals surface area contributed by atoms with E-state index in [1.807, 2.05) is 0 Å². The van der Waals surface area contributed by atoms with E-state index in [1.165, 1.54) is 0 Å². The van der Waals surface area contributed by atoms with Crippen LogP contribution in [0.1, 0.15) is 30.9 Å². The lowest BCUT2D eigenvalue weighted by atomic mass is 9.63. The SMILES string of the molecule is NC(c1cc(F)ccc1F)C1(CO)CCC1. The highest BCUT2D eigenvalue weighted by Crippen LogP contribution is 2.49. The Morgan fingerprint density at radius 3 is 2.56 bits per heavy atom. The first kappa shape index (κ1) is 11.5. The van der Waals surface area contributed by atoms with Gasteiger partial charge in [-0.3, -0.25) is 0 Å². The van der Waals surface area contributed by atoms with Gasteiger partial charge in [-0.2, -0.15) is 0 Å². The van der Waals surface area contributed by atoms with Crippen molar-refractivity contribution in [1.29, 1.82) is 0 Å². The van der Waals surface area contributed by atoms with Crippen LogP contribution in [0, 0.1) is 17.0 Å². The van der Waals surface area contributed by atoms with Crippen LogP contribution in [-0.2, 0) is 0 Å². The molecule has 1 unspecified atom stereocenters. The molecular formula is C12H15F2NO. The van der Waals surface area contributed by atoms with Crippen LogP contribution in [0.2, 0.25) is 0 Å². The molecule has 0 spiro atoms. The predicted molar refractivity (Wildman–Crippen MR) is 56.7 cm³/mol. The maximum atomic E-state index is 13.5. The molecule has 1 aliphatic carbocycles. The molecule has 0 radical (unpaired) electrons. The molecule has 0 bridgehead atoms. The van der Waals surface area contributed by atoms with E-state index in [1.54, 1.807) is 0 Å². The molecule has 4 heteroatoms. The molecule has 0 aliphatic heterocycles. The Morgan fingerprint density at radius 1 is 1.38 bits per heavy atom. The Labute approximate surface area is 93.1 Å². The van der Waals surface area contributed by atoms with Crippen molar-refractivity contribution in [3.8, 4) is 0 Å². The number of aliphatic hydroxyl groups is 1. The van der Waals surface area contributed by atoms with Crippen molar-refractivity contribution in [1.82, 2.24) is 0 Å². The predicted octanol–water partition coefficient (Wildman–Crippen LogP) is 2.13. The van der Waals surface area contributed by atoms with E-state index in [-0.39, 0.29) is 12.2 Å². The van der Waals surface area contributed by atoms with Gasteiger partial charge in [-0.25, -0.2) is 8.78 Å². The number of halogens is 2. The summed E-state index contributed by atoms with van der Waals surface area (Å²) in [6.45, 7) is -0.0792. The molecule has 0 aromatic heterocycles. The van der Waals surface area contributed by atoms with E-state index in [0.29, 0.717) is 0 Å². The summed E-state index contributed by atoms with van der Waals surface area (Å²) in [7, 11) is 0. The molecule has 3 N–H and O–H groups in total. The van der Waals surface area contributed by atoms with Crippen molar-refractivity contribution in [3.05, 3.63) is 35.4 Å². The third-order valence-corrected chi connectivity index (χ3v) is 3.62. The summed E-state index contributed by atoms with van der Waals surface area (Å²) in [5, 5.41) is 9.33. The van der Waals surface area contributed by atoms with E-state index in [9.17, 15) is 13.9 Å². The van der Waals surface area contributed by atoms with Gasteiger partial charge in [0.05, 0.1) is 6.61 Å². The van der Waals surface area contributed by atoms with Crippen LogP contribution in [0.4, 0.5) is 8.78 Å². The highest BCUT2D eigenvalue weighted by atomic mass is 19.1. The molecule has 1 aromatic rings. The summed E-state index contributed by atoms with van der Waals surface area (Å²) in [5.41, 5.74) is 5.65. The number of benzene rings is 1. The quantitative estimate of drug-likeness (QED) is 0.830. The topological polar surface area (TPSA) is 46.2 Å². The van der Waals surface area contributed by atoms with E-state index in [2.05, 4.69) is 0 Å². The molecule has 0 amide bonds. The van der Waals surface area contributed by atoms with Crippen molar-refractivity contribution in [2.45, 2.75) is 25.3 Å². The van der Waals surface area contributed by atoms with Crippen LogP contribution >= 0.6 is 0 Å². The van der Waals surface area contributed by atoms with Gasteiger partial charge in [0.15, 0.2) is 0 Å². The zero-order chi connectivity index (χ0) is 11.8. The van der Waals surface area contributed by atoms with Crippen LogP contribution < -0.4 is 5.73 Å². The smallest absolute Gasteiger partial charge is 0.128 e. The lowest BCUT2D eigenvalue weighted by Gasteiger charge is -2.45. The number of aliphatic hydroxyl groups excluding tert-OH is 1. The fraction of sp³-hybridized carbons (Fsp3) is 0.500. The van der Waals surface area contributed by atoms with Crippen LogP contribution in [0.25, 0.3) is 0 Å². The minimum absolute atomic E-state index is 0.0792. The number of hydrogen-bond donors (Lipinski definition) is 2. The highest BCUT2D eigenvalue weighted by Gasteiger charge is 2.43. The lowest BCUT2D eigenvalue weighted by Crippen LogP contribution is -2.43. The van der Waals surface area contributed by atoms with Crippen LogP contribution in [0.5, 0.6) is 0 Å². The van der Waals surface area contributed by atoms with E-state index >= 15 is 0 Å². The first-order valence-electron chi connectivity index (χ1n) is 5.40. The van der Waals surface area contributed by atoms with Gasteiger partial charge in [-0.1, -0.05) is 6.42 Å². The van der Waals surface area contributed by atoms with Crippen LogP contribution in [0.15, 0.2) is 18.2 Å². The van der Waals surface area contributed by atoms with Gasteiger partial charge in [-0.05, 0) is 31.0 Å². The molecule has 1 aliphatic rings. The minimum atomic E-state index is -0.637. The third kappa shape index (κ3) is 1.72. The van der Waals surface area contributed by atoms with Crippen molar-refractivity contribution < 1.29 is 13.9 Å². The Balaban J connectivity index is 2.32. The van der Waals surface area contributed by atoms with Gasteiger partial charge >= 0.3 is 0 Å². The molecule has 1 aromatic carbocycles. The second kappa shape index (κ2) is 4.11. The van der Waals surface area contributed by atoms with Crippen molar-refractivity contribution in [2.75, 3.05) is 6.61 Å². The largest absolute Gasteiger partial charge is 0.396 e. The average molecular weight is 227 g/mol. The number of hydrogen-bond acceptors (Lipinski definition) is 2. The molecule has 2 nitrogen and oxygen atoms in total. The molecular weight excluding hydrogens is 212 g/mol. The lowest BCUT2D eigenvalue weighted by molar-refractivity contribution is 0.0173. The zero-order valence-corrected chi connectivity index (χ0v) is 8.92. The highest BCUT2D eigenvalue weighted by molar-refractivity contribution is 5.25. The van der Waals surface area contributed by atoms with Crippen molar-refractivity contribution in [3.63, 3.8) is 0 Å². The average Bonchev–Trinajstić information content (AvgIpc) is 2.21. The second-order valence-electron chi connectivity index (χ2n) is 4.52. The standard InChI is InChI=1S/C12H15F2NO/c13-8-2-3-10(14)9(6-8)11(15)12(7-16)4-1-5-12/h2-3,6,11,16H,1,4-5,7,15H2. The molecule has 2 rings (SSSR count). The van der Waals surface area contributed by atoms with E-state index in [4.69, 9.17) is 5.73 Å². The maximum Gasteiger partial charge on any atom is 0.128 e. The first-order valence-corrected chi connectivity index (χ1v) is 5.40. The van der Waals surface area contributed by atoms with Crippen molar-refractivity contribution in [2.24, 2.45) is 11.1 Å². The van der Waals surface area contributed by atoms with Crippen LogP contribution in [0.3, 0.4) is 0 Å². The fourth-order valence-electron chi connectivity index (χ4n) is 2.28. The molecule has 0 saturated heterocycles. The molecule has 1 fully saturated rings. The normalized spacial score (nSPS) is 20.2. The second-order valence-corrected chi connectivity index (χ2v) is 4.52. The maximum absolute atomic E-state index is 13.5. The summed E-state index contributed by atoms with van der Waals surface area (Å²) < 4.78 is 26.6. The molecule has 1 atom stereocenters. The van der Waals surface area contributed by atoms with Gasteiger partial charge in [-0.15, -0.1) is 0 Å². The van der Waals surface area contributed by atoms with Crippen molar-refractivity contribution >= 4 is 0 Å². The van der Waals surface area contributed by atoms with Gasteiger partial charge in [0.2, 0.25) is 0 Å². The van der Waals surface area contributed by atoms with Gasteiger partial charge in [0.1, 0.15) is 11.6 Å². The van der Waals surface area contributed by atoms with E-state index in [0.717, 1.165) is 37.5 Å². The Bertz CT molecular complexity index is 385. The zero-order valence-electron chi connectivity index (χ0n) is 8.92. The monoisotopic (exact) mass is 227 g/mol. The molecule has 16 heavy (non-hydrogen) atoms. The van der Waals surface area contributed by atoms with Gasteiger partial charge in [0.25, 0.3) is 0 Å². The summed E-state index contributed by atoms with van der Waals surface area (Å²) >= 11 is 0. The minimum Gasteiger partial charge on any atom is -0.396 e. The Kier molecular flexibility index (Phi) is 2.95. The molecule has 1 saturated carbocycles. The summed E-state index contributed by atoms with van der Waals surface area (Å²) in [4.78, 5) is 0. The Hall–Kier alpha value is -1.00. The number of nitrogens with two attached hydrogens (primary N) is 1. The van der Waals surface area contributed by atoms with E-state index < -0.39 is 23.1 Å². The summed E-state index contributed by atoms with van der Waals surface area (Å²) in [5.74, 6) is -1.01. The summed E-state index contributed by atoms with van der Waals surface area (Å²) in [6.07, 6.45) is 2.51. The number of rotatable bonds is 3.